The number of aliphatic hydroxyl groups is 1. The summed E-state index contributed by atoms with van der Waals surface area (Å²) in [4.78, 5) is 0. The van der Waals surface area contributed by atoms with E-state index in [4.69, 9.17) is 7.12 Å². The summed E-state index contributed by atoms with van der Waals surface area (Å²) in [5, 5.41) is 11.3. The van der Waals surface area contributed by atoms with Crippen molar-refractivity contribution < 1.29 is 5.11 Å². The minimum atomic E-state index is -0.290. The van der Waals surface area contributed by atoms with Gasteiger partial charge in [0.05, 0.1) is 6.10 Å². The first kappa shape index (κ1) is 22.4. The molecule has 0 amide bonds. The molecule has 0 bridgehead atoms. The Bertz CT molecular complexity index is 319. The van der Waals surface area contributed by atoms with Gasteiger partial charge in [-0.05, 0) is 48.9 Å². The molecule has 0 saturated carbocycles. The van der Waals surface area contributed by atoms with Crippen molar-refractivity contribution in [3.05, 3.63) is 0 Å². The lowest BCUT2D eigenvalue weighted by molar-refractivity contribution is -0.0789. The van der Waals surface area contributed by atoms with Crippen LogP contribution in [0.3, 0.4) is 0 Å². The van der Waals surface area contributed by atoms with Gasteiger partial charge < -0.3 is 5.11 Å². The van der Waals surface area contributed by atoms with Crippen molar-refractivity contribution in [2.24, 2.45) is 16.7 Å². The third-order valence-corrected chi connectivity index (χ3v) is 7.26. The van der Waals surface area contributed by atoms with E-state index < -0.39 is 0 Å². The molecule has 0 aliphatic heterocycles. The van der Waals surface area contributed by atoms with Crippen LogP contribution in [0.2, 0.25) is 0 Å². The molecule has 0 aliphatic rings. The summed E-state index contributed by atoms with van der Waals surface area (Å²) in [6.07, 6.45) is 5.98. The van der Waals surface area contributed by atoms with E-state index >= 15 is 0 Å². The Hall–Kier alpha value is 0.375. The van der Waals surface area contributed by atoms with Gasteiger partial charge in [-0.15, -0.1) is 0 Å². The van der Waals surface area contributed by atoms with Gasteiger partial charge in [0.2, 0.25) is 0 Å². The average molecular weight is 326 g/mol. The van der Waals surface area contributed by atoms with E-state index in [1.165, 1.54) is 18.0 Å². The molecule has 3 heteroatoms. The number of hydrogen-bond donors (Lipinski definition) is 1. The molecule has 0 spiro atoms. The van der Waals surface area contributed by atoms with E-state index in [2.05, 4.69) is 55.4 Å². The second-order valence-electron chi connectivity index (χ2n) is 8.23. The Balaban J connectivity index is 5.41. The van der Waals surface area contributed by atoms with Crippen molar-refractivity contribution in [3.63, 3.8) is 0 Å². The normalized spacial score (nSPS) is 23.1. The van der Waals surface area contributed by atoms with Crippen molar-refractivity contribution >= 4 is 18.7 Å². The molecule has 0 aromatic rings. The van der Waals surface area contributed by atoms with Crippen LogP contribution in [0.1, 0.15) is 93.9 Å². The van der Waals surface area contributed by atoms with Crippen LogP contribution >= 0.6 is 11.6 Å². The van der Waals surface area contributed by atoms with E-state index in [0.717, 1.165) is 32.1 Å². The fraction of sp³-hybridized carbons (Fsp3) is 1.00. The van der Waals surface area contributed by atoms with Gasteiger partial charge in [0.25, 0.3) is 0 Å². The van der Waals surface area contributed by atoms with Gasteiger partial charge in [0, 0.05) is 4.75 Å². The van der Waals surface area contributed by atoms with Crippen LogP contribution in [0.4, 0.5) is 0 Å². The van der Waals surface area contributed by atoms with Crippen LogP contribution in [0.15, 0.2) is 0 Å². The standard InChI is InChI=1S/C19H39BOS/c1-9-15(5)13-17(6,10-2)16(21)18(7,11-3)14-19(8,12-4)22-20/h15-16,21H,9-14H2,1-8H3. The summed E-state index contributed by atoms with van der Waals surface area (Å²) >= 11 is 1.46. The highest BCUT2D eigenvalue weighted by molar-refractivity contribution is 8.20. The first-order chi connectivity index (χ1) is 10.1. The Morgan fingerprint density at radius 3 is 1.77 bits per heavy atom. The van der Waals surface area contributed by atoms with E-state index in [1.54, 1.807) is 0 Å². The molecule has 1 N–H and O–H groups in total. The van der Waals surface area contributed by atoms with Gasteiger partial charge in [-0.1, -0.05) is 61.8 Å². The molecule has 0 aromatic heterocycles. The zero-order valence-corrected chi connectivity index (χ0v) is 17.1. The molecule has 130 valence electrons. The lowest BCUT2D eigenvalue weighted by Gasteiger charge is -2.49. The molecule has 2 radical (unpaired) electrons. The molecule has 5 atom stereocenters. The lowest BCUT2D eigenvalue weighted by atomic mass is 9.61. The van der Waals surface area contributed by atoms with Crippen LogP contribution in [-0.2, 0) is 0 Å². The van der Waals surface area contributed by atoms with Crippen molar-refractivity contribution in [3.8, 4) is 0 Å². The van der Waals surface area contributed by atoms with Crippen LogP contribution < -0.4 is 0 Å². The highest BCUT2D eigenvalue weighted by atomic mass is 32.2. The molecule has 0 aliphatic carbocycles. The molecule has 5 unspecified atom stereocenters. The van der Waals surface area contributed by atoms with E-state index in [9.17, 15) is 5.11 Å². The lowest BCUT2D eigenvalue weighted by Crippen LogP contribution is -2.48. The Labute approximate surface area is 145 Å². The van der Waals surface area contributed by atoms with Crippen LogP contribution in [0, 0.1) is 16.7 Å². The van der Waals surface area contributed by atoms with Gasteiger partial charge in [-0.25, -0.2) is 11.6 Å². The Morgan fingerprint density at radius 1 is 0.955 bits per heavy atom. The van der Waals surface area contributed by atoms with E-state index in [1.807, 2.05) is 0 Å². The van der Waals surface area contributed by atoms with Crippen molar-refractivity contribution in [1.29, 1.82) is 0 Å². The predicted octanol–water partition coefficient (Wildman–Crippen LogP) is 5.99. The highest BCUT2D eigenvalue weighted by Gasteiger charge is 2.46. The molecule has 0 saturated heterocycles. The topological polar surface area (TPSA) is 20.2 Å². The van der Waals surface area contributed by atoms with Crippen LogP contribution in [0.5, 0.6) is 0 Å². The van der Waals surface area contributed by atoms with Gasteiger partial charge in [0.1, 0.15) is 0 Å². The maximum Gasteiger partial charge on any atom is 0.162 e. The zero-order valence-electron chi connectivity index (χ0n) is 16.3. The fourth-order valence-electron chi connectivity index (χ4n) is 3.75. The van der Waals surface area contributed by atoms with Crippen molar-refractivity contribution in [2.75, 3.05) is 0 Å². The van der Waals surface area contributed by atoms with Gasteiger partial charge in [-0.2, -0.15) is 0 Å². The molecule has 1 nitrogen and oxygen atoms in total. The minimum Gasteiger partial charge on any atom is -0.392 e. The maximum atomic E-state index is 11.3. The number of rotatable bonds is 11. The van der Waals surface area contributed by atoms with Gasteiger partial charge in [-0.3, -0.25) is 0 Å². The maximum absolute atomic E-state index is 11.3. The first-order valence-corrected chi connectivity index (χ1v) is 10.00. The monoisotopic (exact) mass is 326 g/mol. The average Bonchev–Trinajstić information content (AvgIpc) is 2.53. The molecule has 0 aromatic carbocycles. The highest BCUT2D eigenvalue weighted by Crippen LogP contribution is 2.49. The third-order valence-electron chi connectivity index (χ3n) is 6.26. The summed E-state index contributed by atoms with van der Waals surface area (Å²) in [5.74, 6) is 0.655. The molecular formula is C19H39BOS. The third kappa shape index (κ3) is 5.48. The molecule has 0 rings (SSSR count). The van der Waals surface area contributed by atoms with E-state index in [-0.39, 0.29) is 21.7 Å². The predicted molar refractivity (Wildman–Crippen MR) is 104 cm³/mol. The molecular weight excluding hydrogens is 287 g/mol. The van der Waals surface area contributed by atoms with Crippen LogP contribution in [0.25, 0.3) is 0 Å². The molecule has 0 heterocycles. The van der Waals surface area contributed by atoms with Gasteiger partial charge >= 0.3 is 0 Å². The first-order valence-electron chi connectivity index (χ1n) is 9.12. The fourth-order valence-corrected chi connectivity index (χ4v) is 4.33. The largest absolute Gasteiger partial charge is 0.392 e. The second-order valence-corrected chi connectivity index (χ2v) is 9.45. The van der Waals surface area contributed by atoms with Gasteiger partial charge in [0.15, 0.2) is 7.12 Å². The Kier molecular flexibility index (Phi) is 9.17. The summed E-state index contributed by atoms with van der Waals surface area (Å²) < 4.78 is 0.0385. The summed E-state index contributed by atoms with van der Waals surface area (Å²) in [6.45, 7) is 17.9. The minimum absolute atomic E-state index is 0.0197. The Morgan fingerprint density at radius 2 is 1.45 bits per heavy atom. The molecule has 0 fully saturated rings. The second kappa shape index (κ2) is 9.01. The molecule has 22 heavy (non-hydrogen) atoms. The summed E-state index contributed by atoms with van der Waals surface area (Å²) in [6, 6.07) is 0. The SMILES string of the molecule is [B]SC(C)(CC)CC(C)(CC)C(O)C(C)(CC)CC(C)CC. The number of aliphatic hydroxyl groups excluding tert-OH is 1. The van der Waals surface area contributed by atoms with Crippen molar-refractivity contribution in [1.82, 2.24) is 0 Å². The number of hydrogen-bond acceptors (Lipinski definition) is 2. The van der Waals surface area contributed by atoms with E-state index in [0.29, 0.717) is 5.92 Å². The van der Waals surface area contributed by atoms with Crippen molar-refractivity contribution in [2.45, 2.75) is 105 Å². The quantitative estimate of drug-likeness (QED) is 0.470. The van der Waals surface area contributed by atoms with Crippen LogP contribution in [-0.4, -0.2) is 23.1 Å². The smallest absolute Gasteiger partial charge is 0.162 e. The zero-order chi connectivity index (χ0) is 17.6. The summed E-state index contributed by atoms with van der Waals surface area (Å²) in [7, 11) is 5.96. The summed E-state index contributed by atoms with van der Waals surface area (Å²) in [5.41, 5.74) is -0.108.